The normalized spacial score (nSPS) is 10.6. The van der Waals surface area contributed by atoms with Crippen molar-refractivity contribution in [2.24, 2.45) is 0 Å². The van der Waals surface area contributed by atoms with Gasteiger partial charge in [-0.2, -0.15) is 0 Å². The van der Waals surface area contributed by atoms with Crippen LogP contribution in [0.2, 0.25) is 0 Å². The summed E-state index contributed by atoms with van der Waals surface area (Å²) in [6, 6.07) is 21.8. The van der Waals surface area contributed by atoms with E-state index in [0.29, 0.717) is 34.9 Å². The Morgan fingerprint density at radius 2 is 1.77 bits per heavy atom. The molecule has 0 aliphatic carbocycles. The average Bonchev–Trinajstić information content (AvgIpc) is 3.23. The number of rotatable bonds is 7. The minimum Gasteiger partial charge on any atom is -0.492 e. The summed E-state index contributed by atoms with van der Waals surface area (Å²) < 4.78 is 10.7. The fourth-order valence-electron chi connectivity index (χ4n) is 3.12. The van der Waals surface area contributed by atoms with E-state index in [4.69, 9.17) is 9.47 Å². The van der Waals surface area contributed by atoms with E-state index in [-0.39, 0.29) is 0 Å². The second kappa shape index (κ2) is 9.13. The quantitative estimate of drug-likeness (QED) is 0.436. The van der Waals surface area contributed by atoms with Crippen molar-refractivity contribution in [3.8, 4) is 17.1 Å². The molecule has 0 bridgehead atoms. The fourth-order valence-corrected chi connectivity index (χ4v) is 3.12. The highest BCUT2D eigenvalue weighted by molar-refractivity contribution is 5.98. The number of aromatic nitrogens is 2. The highest BCUT2D eigenvalue weighted by Crippen LogP contribution is 2.24. The van der Waals surface area contributed by atoms with Crippen molar-refractivity contribution in [1.29, 1.82) is 0 Å². The van der Waals surface area contributed by atoms with E-state index < -0.39 is 18.5 Å². The zero-order chi connectivity index (χ0) is 21.6. The Kier molecular flexibility index (Phi) is 5.93. The maximum Gasteiger partial charge on any atom is 0.338 e. The van der Waals surface area contributed by atoms with E-state index in [2.05, 4.69) is 15.3 Å². The van der Waals surface area contributed by atoms with Gasteiger partial charge >= 0.3 is 5.97 Å². The van der Waals surface area contributed by atoms with Gasteiger partial charge in [0.05, 0.1) is 28.9 Å². The first kappa shape index (κ1) is 20.2. The second-order valence-electron chi connectivity index (χ2n) is 6.74. The number of H-pyrrole nitrogens is 1. The zero-order valence-electron chi connectivity index (χ0n) is 16.9. The van der Waals surface area contributed by atoms with Gasteiger partial charge in [0.1, 0.15) is 11.6 Å². The fraction of sp³-hybridized carbons (Fsp3) is 0.125. The third kappa shape index (κ3) is 4.72. The van der Waals surface area contributed by atoms with E-state index in [1.54, 1.807) is 36.4 Å². The molecule has 1 aromatic heterocycles. The van der Waals surface area contributed by atoms with E-state index in [0.717, 1.165) is 11.1 Å². The molecule has 1 amide bonds. The van der Waals surface area contributed by atoms with Crippen LogP contribution in [0.1, 0.15) is 17.3 Å². The minimum atomic E-state index is -0.592. The van der Waals surface area contributed by atoms with Crippen LogP contribution in [-0.4, -0.2) is 35.1 Å². The molecule has 0 unspecified atom stereocenters. The highest BCUT2D eigenvalue weighted by Gasteiger charge is 2.14. The van der Waals surface area contributed by atoms with Gasteiger partial charge in [-0.1, -0.05) is 42.5 Å². The van der Waals surface area contributed by atoms with Gasteiger partial charge < -0.3 is 19.8 Å². The van der Waals surface area contributed by atoms with E-state index in [1.165, 1.54) is 0 Å². The standard InChI is InChI=1S/C24H21N3O4/c1-2-30-21-11-7-6-10-19(21)25-22(28)15-31-24(29)17-12-13-18-20(14-17)27-23(26-18)16-8-4-3-5-9-16/h3-14H,2,15H2,1H3,(H,25,28)(H,26,27). The van der Waals surface area contributed by atoms with Crippen LogP contribution >= 0.6 is 0 Å². The third-order valence-electron chi connectivity index (χ3n) is 4.56. The topological polar surface area (TPSA) is 93.3 Å². The summed E-state index contributed by atoms with van der Waals surface area (Å²) in [5.41, 5.74) is 3.26. The number of hydrogen-bond acceptors (Lipinski definition) is 5. The smallest absolute Gasteiger partial charge is 0.338 e. The lowest BCUT2D eigenvalue weighted by Crippen LogP contribution is -2.21. The van der Waals surface area contributed by atoms with Crippen LogP contribution in [0.4, 0.5) is 5.69 Å². The molecule has 0 fully saturated rings. The molecule has 4 rings (SSSR count). The molecular weight excluding hydrogens is 394 g/mol. The van der Waals surface area contributed by atoms with Gasteiger partial charge in [0, 0.05) is 5.56 Å². The lowest BCUT2D eigenvalue weighted by atomic mass is 10.2. The highest BCUT2D eigenvalue weighted by atomic mass is 16.5. The minimum absolute atomic E-state index is 0.332. The Balaban J connectivity index is 1.41. The van der Waals surface area contributed by atoms with Gasteiger partial charge in [0.2, 0.25) is 0 Å². The maximum absolute atomic E-state index is 12.4. The Morgan fingerprint density at radius 1 is 1.00 bits per heavy atom. The molecule has 156 valence electrons. The number of amides is 1. The molecule has 0 radical (unpaired) electrons. The van der Waals surface area contributed by atoms with Crippen molar-refractivity contribution in [1.82, 2.24) is 9.97 Å². The lowest BCUT2D eigenvalue weighted by molar-refractivity contribution is -0.119. The van der Waals surface area contributed by atoms with Crippen LogP contribution in [-0.2, 0) is 9.53 Å². The predicted octanol–water partition coefficient (Wildman–Crippen LogP) is 4.42. The Hall–Kier alpha value is -4.13. The Labute approximate surface area is 179 Å². The van der Waals surface area contributed by atoms with Crippen molar-refractivity contribution < 1.29 is 19.1 Å². The number of fused-ring (bicyclic) bond motifs is 1. The Bertz CT molecular complexity index is 1220. The van der Waals surface area contributed by atoms with Crippen LogP contribution in [0, 0.1) is 0 Å². The Morgan fingerprint density at radius 3 is 2.58 bits per heavy atom. The largest absolute Gasteiger partial charge is 0.492 e. The van der Waals surface area contributed by atoms with Crippen molar-refractivity contribution >= 4 is 28.6 Å². The molecule has 0 aliphatic heterocycles. The van der Waals surface area contributed by atoms with E-state index in [9.17, 15) is 9.59 Å². The molecule has 31 heavy (non-hydrogen) atoms. The molecule has 3 aromatic carbocycles. The summed E-state index contributed by atoms with van der Waals surface area (Å²) in [6.07, 6.45) is 0. The van der Waals surface area contributed by atoms with Crippen LogP contribution < -0.4 is 10.1 Å². The first-order valence-electron chi connectivity index (χ1n) is 9.88. The molecule has 7 heteroatoms. The predicted molar refractivity (Wildman–Crippen MR) is 118 cm³/mol. The number of carbonyl (C=O) groups excluding carboxylic acids is 2. The molecule has 1 heterocycles. The molecule has 0 saturated carbocycles. The number of esters is 1. The van der Waals surface area contributed by atoms with Crippen molar-refractivity contribution in [2.75, 3.05) is 18.5 Å². The number of carbonyl (C=O) groups is 2. The third-order valence-corrected chi connectivity index (χ3v) is 4.56. The SMILES string of the molecule is CCOc1ccccc1NC(=O)COC(=O)c1ccc2nc(-c3ccccc3)[nH]c2c1. The van der Waals surface area contributed by atoms with Crippen LogP contribution in [0.25, 0.3) is 22.4 Å². The number of para-hydroxylation sites is 2. The van der Waals surface area contributed by atoms with Gasteiger partial charge in [-0.25, -0.2) is 9.78 Å². The number of ether oxygens (including phenoxy) is 2. The summed E-state index contributed by atoms with van der Waals surface area (Å²) in [5, 5.41) is 2.70. The maximum atomic E-state index is 12.4. The van der Waals surface area contributed by atoms with Crippen LogP contribution in [0.3, 0.4) is 0 Å². The number of nitrogens with zero attached hydrogens (tertiary/aromatic N) is 1. The second-order valence-corrected chi connectivity index (χ2v) is 6.74. The molecular formula is C24H21N3O4. The van der Waals surface area contributed by atoms with Gasteiger partial charge in [-0.15, -0.1) is 0 Å². The number of anilines is 1. The first-order chi connectivity index (χ1) is 15.1. The van der Waals surface area contributed by atoms with Crippen LogP contribution in [0.15, 0.2) is 72.8 Å². The van der Waals surface area contributed by atoms with Crippen LogP contribution in [0.5, 0.6) is 5.75 Å². The number of nitrogens with one attached hydrogen (secondary N) is 2. The van der Waals surface area contributed by atoms with Gasteiger partial charge in [0.25, 0.3) is 5.91 Å². The number of aromatic amines is 1. The van der Waals surface area contributed by atoms with Gasteiger partial charge in [-0.05, 0) is 37.3 Å². The lowest BCUT2D eigenvalue weighted by Gasteiger charge is -2.11. The van der Waals surface area contributed by atoms with E-state index >= 15 is 0 Å². The van der Waals surface area contributed by atoms with Gasteiger partial charge in [-0.3, -0.25) is 4.79 Å². The number of imidazole rings is 1. The number of hydrogen-bond donors (Lipinski definition) is 2. The summed E-state index contributed by atoms with van der Waals surface area (Å²) in [4.78, 5) is 32.4. The summed E-state index contributed by atoms with van der Waals surface area (Å²) >= 11 is 0. The summed E-state index contributed by atoms with van der Waals surface area (Å²) in [5.74, 6) is 0.234. The van der Waals surface area contributed by atoms with Gasteiger partial charge in [0.15, 0.2) is 6.61 Å². The molecule has 0 spiro atoms. The molecule has 0 aliphatic rings. The van der Waals surface area contributed by atoms with Crippen molar-refractivity contribution in [3.63, 3.8) is 0 Å². The molecule has 7 nitrogen and oxygen atoms in total. The van der Waals surface area contributed by atoms with Crippen molar-refractivity contribution in [3.05, 3.63) is 78.4 Å². The van der Waals surface area contributed by atoms with Crippen molar-refractivity contribution in [2.45, 2.75) is 6.92 Å². The van der Waals surface area contributed by atoms with E-state index in [1.807, 2.05) is 43.3 Å². The summed E-state index contributed by atoms with van der Waals surface area (Å²) in [6.45, 7) is 1.93. The monoisotopic (exact) mass is 415 g/mol. The molecule has 0 saturated heterocycles. The zero-order valence-corrected chi connectivity index (χ0v) is 16.9. The molecule has 4 aromatic rings. The first-order valence-corrected chi connectivity index (χ1v) is 9.88. The molecule has 0 atom stereocenters. The summed E-state index contributed by atoms with van der Waals surface area (Å²) in [7, 11) is 0. The number of benzene rings is 3. The molecule has 2 N–H and O–H groups in total. The average molecular weight is 415 g/mol.